The van der Waals surface area contributed by atoms with Crippen molar-refractivity contribution < 1.29 is 9.59 Å². The number of hydrogen-bond acceptors (Lipinski definition) is 4. The normalized spacial score (nSPS) is 16.9. The Morgan fingerprint density at radius 2 is 1.70 bits per heavy atom. The van der Waals surface area contributed by atoms with Gasteiger partial charge in [0.2, 0.25) is 11.8 Å². The molecule has 0 unspecified atom stereocenters. The summed E-state index contributed by atoms with van der Waals surface area (Å²) in [5, 5.41) is 5.25. The van der Waals surface area contributed by atoms with Crippen molar-refractivity contribution in [1.29, 1.82) is 0 Å². The van der Waals surface area contributed by atoms with Gasteiger partial charge in [-0.1, -0.05) is 36.4 Å². The average molecular weight is 368 g/mol. The van der Waals surface area contributed by atoms with Gasteiger partial charge in [0.15, 0.2) is 0 Å². The first-order valence-corrected chi connectivity index (χ1v) is 9.41. The lowest BCUT2D eigenvalue weighted by molar-refractivity contribution is -0.131. The second-order valence-corrected chi connectivity index (χ2v) is 7.29. The molecule has 0 aromatic heterocycles. The summed E-state index contributed by atoms with van der Waals surface area (Å²) in [6.07, 6.45) is 0. The molecular formula is C21H28N4O2. The van der Waals surface area contributed by atoms with Gasteiger partial charge in [0.25, 0.3) is 0 Å². The van der Waals surface area contributed by atoms with Gasteiger partial charge in [-0.05, 0) is 18.4 Å². The van der Waals surface area contributed by atoms with Gasteiger partial charge in [-0.15, -0.1) is 0 Å². The fourth-order valence-corrected chi connectivity index (χ4v) is 3.38. The molecule has 2 aromatic carbocycles. The highest BCUT2D eigenvalue weighted by atomic mass is 16.2. The van der Waals surface area contributed by atoms with Crippen molar-refractivity contribution in [2.45, 2.75) is 13.0 Å². The molecule has 2 amide bonds. The minimum Gasteiger partial charge on any atom is -0.348 e. The number of hydrogen-bond donors (Lipinski definition) is 1. The first-order valence-electron chi connectivity index (χ1n) is 9.41. The molecule has 1 N–H and O–H groups in total. The zero-order valence-corrected chi connectivity index (χ0v) is 16.3. The van der Waals surface area contributed by atoms with Crippen LogP contribution in [0.2, 0.25) is 0 Å². The molecule has 1 heterocycles. The second-order valence-electron chi connectivity index (χ2n) is 7.29. The molecule has 0 bridgehead atoms. The van der Waals surface area contributed by atoms with Gasteiger partial charge in [0, 0.05) is 51.3 Å². The van der Waals surface area contributed by atoms with Crippen LogP contribution in [0.4, 0.5) is 5.69 Å². The van der Waals surface area contributed by atoms with Gasteiger partial charge in [0.05, 0.1) is 12.6 Å². The molecule has 1 aliphatic heterocycles. The van der Waals surface area contributed by atoms with Crippen LogP contribution in [0.25, 0.3) is 10.8 Å². The standard InChI is InChI=1S/C21H28N4O2/c1-16(25-13-11-24(12-14-25)15-20(26)23(2)3)21(27)22-19-10-6-8-17-7-4-5-9-18(17)19/h4-10,16H,11-15H2,1-3H3,(H,22,27)/t16-/m1/s1. The fourth-order valence-electron chi connectivity index (χ4n) is 3.38. The summed E-state index contributed by atoms with van der Waals surface area (Å²) in [6.45, 7) is 5.55. The Morgan fingerprint density at radius 3 is 2.41 bits per heavy atom. The Balaban J connectivity index is 1.57. The molecule has 0 aliphatic carbocycles. The summed E-state index contributed by atoms with van der Waals surface area (Å²) >= 11 is 0. The Bertz CT molecular complexity index is 807. The number of amides is 2. The molecule has 1 fully saturated rings. The van der Waals surface area contributed by atoms with E-state index in [-0.39, 0.29) is 17.9 Å². The summed E-state index contributed by atoms with van der Waals surface area (Å²) in [7, 11) is 3.55. The van der Waals surface area contributed by atoms with Crippen LogP contribution < -0.4 is 5.32 Å². The molecule has 0 saturated carbocycles. The third kappa shape index (κ3) is 4.64. The third-order valence-electron chi connectivity index (χ3n) is 5.24. The quantitative estimate of drug-likeness (QED) is 0.875. The predicted molar refractivity (Wildman–Crippen MR) is 109 cm³/mol. The number of fused-ring (bicyclic) bond motifs is 1. The average Bonchev–Trinajstić information content (AvgIpc) is 2.68. The van der Waals surface area contributed by atoms with E-state index in [2.05, 4.69) is 15.1 Å². The number of nitrogens with zero attached hydrogens (tertiary/aromatic N) is 3. The van der Waals surface area contributed by atoms with Crippen LogP contribution in [0.5, 0.6) is 0 Å². The van der Waals surface area contributed by atoms with Crippen LogP contribution in [0, 0.1) is 0 Å². The molecule has 0 radical (unpaired) electrons. The molecule has 1 aliphatic rings. The van der Waals surface area contributed by atoms with E-state index in [4.69, 9.17) is 0 Å². The van der Waals surface area contributed by atoms with Crippen molar-refractivity contribution in [2.24, 2.45) is 0 Å². The molecule has 6 heteroatoms. The maximum Gasteiger partial charge on any atom is 0.241 e. The van der Waals surface area contributed by atoms with Crippen molar-refractivity contribution in [2.75, 3.05) is 52.1 Å². The van der Waals surface area contributed by atoms with Crippen LogP contribution in [-0.4, -0.2) is 79.4 Å². The third-order valence-corrected chi connectivity index (χ3v) is 5.24. The maximum atomic E-state index is 12.8. The number of rotatable bonds is 5. The van der Waals surface area contributed by atoms with E-state index >= 15 is 0 Å². The highest BCUT2D eigenvalue weighted by Crippen LogP contribution is 2.23. The lowest BCUT2D eigenvalue weighted by Crippen LogP contribution is -2.54. The zero-order chi connectivity index (χ0) is 19.4. The lowest BCUT2D eigenvalue weighted by Gasteiger charge is -2.37. The Morgan fingerprint density at radius 1 is 1.04 bits per heavy atom. The number of anilines is 1. The highest BCUT2D eigenvalue weighted by molar-refractivity contribution is 6.03. The number of carbonyl (C=O) groups is 2. The van der Waals surface area contributed by atoms with Crippen LogP contribution in [0.3, 0.4) is 0 Å². The molecule has 1 saturated heterocycles. The smallest absolute Gasteiger partial charge is 0.241 e. The summed E-state index contributed by atoms with van der Waals surface area (Å²) in [4.78, 5) is 30.6. The lowest BCUT2D eigenvalue weighted by atomic mass is 10.1. The Labute approximate surface area is 160 Å². The molecular weight excluding hydrogens is 340 g/mol. The zero-order valence-electron chi connectivity index (χ0n) is 16.3. The minimum atomic E-state index is -0.212. The monoisotopic (exact) mass is 368 g/mol. The molecule has 0 spiro atoms. The number of benzene rings is 2. The van der Waals surface area contributed by atoms with Crippen molar-refractivity contribution in [3.8, 4) is 0 Å². The van der Waals surface area contributed by atoms with Gasteiger partial charge in [0.1, 0.15) is 0 Å². The van der Waals surface area contributed by atoms with Gasteiger partial charge in [-0.2, -0.15) is 0 Å². The second kappa shape index (κ2) is 8.50. The van der Waals surface area contributed by atoms with Crippen molar-refractivity contribution in [3.63, 3.8) is 0 Å². The van der Waals surface area contributed by atoms with E-state index in [9.17, 15) is 9.59 Å². The molecule has 27 heavy (non-hydrogen) atoms. The first kappa shape index (κ1) is 19.3. The fraction of sp³-hybridized carbons (Fsp3) is 0.429. The van der Waals surface area contributed by atoms with Gasteiger partial charge < -0.3 is 10.2 Å². The van der Waals surface area contributed by atoms with E-state index in [1.807, 2.05) is 49.4 Å². The topological polar surface area (TPSA) is 55.9 Å². The molecule has 144 valence electrons. The van der Waals surface area contributed by atoms with E-state index in [0.29, 0.717) is 6.54 Å². The minimum absolute atomic E-state index is 0.00386. The summed E-state index contributed by atoms with van der Waals surface area (Å²) in [5.41, 5.74) is 0.847. The van der Waals surface area contributed by atoms with Crippen molar-refractivity contribution in [3.05, 3.63) is 42.5 Å². The predicted octanol–water partition coefficient (Wildman–Crippen LogP) is 1.87. The largest absolute Gasteiger partial charge is 0.348 e. The number of piperazine rings is 1. The molecule has 2 aromatic rings. The molecule has 3 rings (SSSR count). The SMILES string of the molecule is C[C@H](C(=O)Nc1cccc2ccccc12)N1CCN(CC(=O)N(C)C)CC1. The van der Waals surface area contributed by atoms with E-state index in [0.717, 1.165) is 42.6 Å². The molecule has 6 nitrogen and oxygen atoms in total. The number of nitrogens with one attached hydrogen (secondary N) is 1. The van der Waals surface area contributed by atoms with Crippen LogP contribution in [-0.2, 0) is 9.59 Å². The number of carbonyl (C=O) groups excluding carboxylic acids is 2. The van der Waals surface area contributed by atoms with E-state index in [1.165, 1.54) is 0 Å². The summed E-state index contributed by atoms with van der Waals surface area (Å²) in [5.74, 6) is 0.120. The van der Waals surface area contributed by atoms with Crippen LogP contribution in [0.1, 0.15) is 6.92 Å². The van der Waals surface area contributed by atoms with Gasteiger partial charge >= 0.3 is 0 Å². The Kier molecular flexibility index (Phi) is 6.08. The van der Waals surface area contributed by atoms with Crippen LogP contribution >= 0.6 is 0 Å². The van der Waals surface area contributed by atoms with Crippen molar-refractivity contribution >= 4 is 28.3 Å². The molecule has 1 atom stereocenters. The van der Waals surface area contributed by atoms with Crippen LogP contribution in [0.15, 0.2) is 42.5 Å². The number of likely N-dealkylation sites (N-methyl/N-ethyl adjacent to an activating group) is 1. The first-order chi connectivity index (χ1) is 13.0. The maximum absolute atomic E-state index is 12.8. The van der Waals surface area contributed by atoms with E-state index in [1.54, 1.807) is 19.0 Å². The summed E-state index contributed by atoms with van der Waals surface area (Å²) < 4.78 is 0. The summed E-state index contributed by atoms with van der Waals surface area (Å²) in [6, 6.07) is 13.8. The Hall–Kier alpha value is -2.44. The van der Waals surface area contributed by atoms with Crippen molar-refractivity contribution in [1.82, 2.24) is 14.7 Å². The van der Waals surface area contributed by atoms with E-state index < -0.39 is 0 Å². The van der Waals surface area contributed by atoms with Gasteiger partial charge in [-0.3, -0.25) is 19.4 Å². The van der Waals surface area contributed by atoms with Gasteiger partial charge in [-0.25, -0.2) is 0 Å². The highest BCUT2D eigenvalue weighted by Gasteiger charge is 2.26.